The maximum Gasteiger partial charge on any atom is 0.360 e. The summed E-state index contributed by atoms with van der Waals surface area (Å²) in [5.74, 6) is 0.126. The molecule has 2 aromatic rings. The molecule has 0 amide bonds. The van der Waals surface area contributed by atoms with Gasteiger partial charge in [0.25, 0.3) is 0 Å². The summed E-state index contributed by atoms with van der Waals surface area (Å²) in [7, 11) is 0. The summed E-state index contributed by atoms with van der Waals surface area (Å²) in [4.78, 5) is 15.9. The van der Waals surface area contributed by atoms with Crippen LogP contribution in [0.5, 0.6) is 0 Å². The largest absolute Gasteiger partial charge is 0.458 e. The Morgan fingerprint density at radius 2 is 2.16 bits per heavy atom. The molecule has 134 valence electrons. The van der Waals surface area contributed by atoms with Gasteiger partial charge in [-0.05, 0) is 18.1 Å². The van der Waals surface area contributed by atoms with Gasteiger partial charge in [0.15, 0.2) is 5.69 Å². The van der Waals surface area contributed by atoms with Crippen LogP contribution in [0.4, 0.5) is 0 Å². The van der Waals surface area contributed by atoms with E-state index in [2.05, 4.69) is 28.9 Å². The molecule has 1 aliphatic rings. The van der Waals surface area contributed by atoms with Gasteiger partial charge in [-0.1, -0.05) is 32.0 Å². The molecule has 7 nitrogen and oxygen atoms in total. The Bertz CT molecular complexity index is 687. The summed E-state index contributed by atoms with van der Waals surface area (Å²) in [6.07, 6.45) is 1.32. The van der Waals surface area contributed by atoms with Crippen LogP contribution < -0.4 is 0 Å². The number of benzene rings is 1. The zero-order valence-corrected chi connectivity index (χ0v) is 14.7. The van der Waals surface area contributed by atoms with E-state index < -0.39 is 5.97 Å². The number of nitrogens with zero attached hydrogens (tertiary/aromatic N) is 4. The highest BCUT2D eigenvalue weighted by Gasteiger charge is 2.23. The number of carbonyl (C=O) groups excluding carboxylic acids is 1. The van der Waals surface area contributed by atoms with Gasteiger partial charge < -0.3 is 9.47 Å². The quantitative estimate of drug-likeness (QED) is 0.744. The van der Waals surface area contributed by atoms with Crippen LogP contribution in [-0.2, 0) is 9.47 Å². The third-order valence-corrected chi connectivity index (χ3v) is 3.93. The summed E-state index contributed by atoms with van der Waals surface area (Å²) in [6.45, 7) is 8.02. The molecule has 1 aromatic carbocycles. The first-order valence-corrected chi connectivity index (χ1v) is 8.60. The Morgan fingerprint density at radius 3 is 2.92 bits per heavy atom. The number of hydrogen-bond donors (Lipinski definition) is 0. The van der Waals surface area contributed by atoms with Crippen molar-refractivity contribution in [1.82, 2.24) is 19.9 Å². The topological polar surface area (TPSA) is 69.5 Å². The van der Waals surface area contributed by atoms with Crippen LogP contribution in [-0.4, -0.2) is 64.8 Å². The molecule has 1 fully saturated rings. The van der Waals surface area contributed by atoms with Gasteiger partial charge in [0, 0.05) is 19.6 Å². The van der Waals surface area contributed by atoms with Crippen molar-refractivity contribution in [2.45, 2.75) is 20.0 Å². The van der Waals surface area contributed by atoms with Crippen molar-refractivity contribution in [2.75, 3.05) is 32.8 Å². The minimum atomic E-state index is -0.480. The lowest BCUT2D eigenvalue weighted by molar-refractivity contribution is -0.0613. The van der Waals surface area contributed by atoms with Crippen molar-refractivity contribution in [2.24, 2.45) is 5.92 Å². The van der Waals surface area contributed by atoms with Crippen molar-refractivity contribution in [3.8, 4) is 5.69 Å². The smallest absolute Gasteiger partial charge is 0.360 e. The lowest BCUT2D eigenvalue weighted by Crippen LogP contribution is -2.45. The first-order valence-electron chi connectivity index (χ1n) is 8.60. The van der Waals surface area contributed by atoms with Gasteiger partial charge in [0.05, 0.1) is 18.5 Å². The number of para-hydroxylation sites is 1. The summed E-state index contributed by atoms with van der Waals surface area (Å²) >= 11 is 0. The summed E-state index contributed by atoms with van der Waals surface area (Å²) < 4.78 is 11.1. The zero-order valence-electron chi connectivity index (χ0n) is 14.7. The number of morpholine rings is 1. The maximum absolute atomic E-state index is 12.2. The van der Waals surface area contributed by atoms with Crippen molar-refractivity contribution in [3.05, 3.63) is 42.2 Å². The molecule has 1 unspecified atom stereocenters. The van der Waals surface area contributed by atoms with Crippen LogP contribution in [0.2, 0.25) is 0 Å². The first-order chi connectivity index (χ1) is 12.1. The molecule has 0 aliphatic carbocycles. The molecular weight excluding hydrogens is 320 g/mol. The number of aromatic nitrogens is 3. The van der Waals surface area contributed by atoms with Crippen LogP contribution in [0.3, 0.4) is 0 Å². The highest BCUT2D eigenvalue weighted by molar-refractivity contribution is 5.86. The van der Waals surface area contributed by atoms with E-state index in [0.29, 0.717) is 12.5 Å². The molecule has 1 aliphatic heterocycles. The fourth-order valence-corrected chi connectivity index (χ4v) is 2.85. The Kier molecular flexibility index (Phi) is 5.78. The fraction of sp³-hybridized carbons (Fsp3) is 0.500. The van der Waals surface area contributed by atoms with E-state index >= 15 is 0 Å². The number of hydrogen-bond acceptors (Lipinski definition) is 6. The molecule has 2 heterocycles. The highest BCUT2D eigenvalue weighted by Crippen LogP contribution is 2.10. The van der Waals surface area contributed by atoms with E-state index in [0.717, 1.165) is 25.3 Å². The maximum atomic E-state index is 12.2. The Labute approximate surface area is 147 Å². The van der Waals surface area contributed by atoms with Crippen LogP contribution in [0, 0.1) is 5.92 Å². The van der Waals surface area contributed by atoms with Gasteiger partial charge in [0.1, 0.15) is 12.7 Å². The van der Waals surface area contributed by atoms with E-state index in [9.17, 15) is 4.79 Å². The lowest BCUT2D eigenvalue weighted by Gasteiger charge is -2.33. The fourth-order valence-electron chi connectivity index (χ4n) is 2.85. The van der Waals surface area contributed by atoms with E-state index in [1.165, 1.54) is 11.0 Å². The molecule has 0 radical (unpaired) electrons. The normalized spacial score (nSPS) is 18.4. The molecule has 25 heavy (non-hydrogen) atoms. The minimum absolute atomic E-state index is 0.0966. The molecule has 1 atom stereocenters. The molecule has 0 N–H and O–H groups in total. The molecule has 1 saturated heterocycles. The second-order valence-electron chi connectivity index (χ2n) is 6.60. The van der Waals surface area contributed by atoms with Gasteiger partial charge in [-0.3, -0.25) is 4.90 Å². The molecule has 1 aromatic heterocycles. The predicted octanol–water partition coefficient (Wildman–Crippen LogP) is 1.78. The van der Waals surface area contributed by atoms with Gasteiger partial charge in [-0.2, -0.15) is 9.90 Å². The van der Waals surface area contributed by atoms with E-state index in [1.807, 2.05) is 30.3 Å². The van der Waals surface area contributed by atoms with Crippen molar-refractivity contribution in [1.29, 1.82) is 0 Å². The van der Waals surface area contributed by atoms with Crippen molar-refractivity contribution in [3.63, 3.8) is 0 Å². The van der Waals surface area contributed by atoms with Crippen LogP contribution in [0.25, 0.3) is 5.69 Å². The van der Waals surface area contributed by atoms with Gasteiger partial charge in [-0.15, -0.1) is 5.10 Å². The zero-order chi connectivity index (χ0) is 17.6. The van der Waals surface area contributed by atoms with Crippen LogP contribution >= 0.6 is 0 Å². The van der Waals surface area contributed by atoms with Crippen LogP contribution in [0.1, 0.15) is 24.3 Å². The molecule has 7 heteroatoms. The minimum Gasteiger partial charge on any atom is -0.458 e. The summed E-state index contributed by atoms with van der Waals surface area (Å²) in [5.41, 5.74) is 0.986. The standard InChI is InChI=1S/C18H24N4O3/c1-14(2)11-21-8-9-24-16(12-21)13-25-18(23)17-10-19-22(20-17)15-6-4-3-5-7-15/h3-7,10,14,16H,8-9,11-13H2,1-2H3. The number of ether oxygens (including phenoxy) is 2. The summed E-state index contributed by atoms with van der Waals surface area (Å²) in [6, 6.07) is 9.43. The van der Waals surface area contributed by atoms with E-state index in [1.54, 1.807) is 0 Å². The molecular formula is C18H24N4O3. The Balaban J connectivity index is 1.52. The van der Waals surface area contributed by atoms with Gasteiger partial charge >= 0.3 is 5.97 Å². The third kappa shape index (κ3) is 4.87. The summed E-state index contributed by atoms with van der Waals surface area (Å²) in [5, 5.41) is 8.29. The first kappa shape index (κ1) is 17.6. The lowest BCUT2D eigenvalue weighted by atomic mass is 10.2. The monoisotopic (exact) mass is 344 g/mol. The average Bonchev–Trinajstić information content (AvgIpc) is 3.10. The highest BCUT2D eigenvalue weighted by atomic mass is 16.6. The Morgan fingerprint density at radius 1 is 1.36 bits per heavy atom. The van der Waals surface area contributed by atoms with Crippen molar-refractivity contribution < 1.29 is 14.3 Å². The second-order valence-corrected chi connectivity index (χ2v) is 6.60. The Hall–Kier alpha value is -2.25. The van der Waals surface area contributed by atoms with E-state index in [4.69, 9.17) is 9.47 Å². The van der Waals surface area contributed by atoms with Gasteiger partial charge in [0.2, 0.25) is 0 Å². The average molecular weight is 344 g/mol. The molecule has 0 spiro atoms. The van der Waals surface area contributed by atoms with Crippen LogP contribution in [0.15, 0.2) is 36.5 Å². The van der Waals surface area contributed by atoms with Gasteiger partial charge in [-0.25, -0.2) is 4.79 Å². The predicted molar refractivity (Wildman–Crippen MR) is 92.7 cm³/mol. The third-order valence-electron chi connectivity index (χ3n) is 3.93. The number of rotatable bonds is 6. The molecule has 3 rings (SSSR count). The molecule has 0 saturated carbocycles. The molecule has 0 bridgehead atoms. The number of esters is 1. The SMILES string of the molecule is CC(C)CN1CCOC(COC(=O)c2cnn(-c3ccccc3)n2)C1. The number of carbonyl (C=O) groups is 1. The van der Waals surface area contributed by atoms with Crippen molar-refractivity contribution >= 4 is 5.97 Å². The van der Waals surface area contributed by atoms with E-state index in [-0.39, 0.29) is 18.4 Å². The second kappa shape index (κ2) is 8.22.